The molecule has 0 aliphatic heterocycles. The second-order valence-corrected chi connectivity index (χ2v) is 10.6. The zero-order valence-corrected chi connectivity index (χ0v) is 18.2. The molecule has 4 rings (SSSR count). The number of rotatable bonds is 5. The molecule has 0 saturated heterocycles. The lowest BCUT2D eigenvalue weighted by Gasteiger charge is -2.21. The molecule has 3 aromatic carbocycles. The van der Waals surface area contributed by atoms with Crippen molar-refractivity contribution in [2.45, 2.75) is 33.6 Å². The summed E-state index contributed by atoms with van der Waals surface area (Å²) in [6, 6.07) is 29.3. The molecule has 140 valence electrons. The van der Waals surface area contributed by atoms with Crippen molar-refractivity contribution >= 4 is 24.7 Å². The Labute approximate surface area is 170 Å². The summed E-state index contributed by atoms with van der Waals surface area (Å²) in [6.45, 7) is 6.73. The fourth-order valence-corrected chi connectivity index (χ4v) is 8.02. The molecule has 0 radical (unpaired) electrons. The van der Waals surface area contributed by atoms with Gasteiger partial charge in [0.05, 0.1) is 0 Å². The summed E-state index contributed by atoms with van der Waals surface area (Å²) in [5.41, 5.74) is 7.23. The van der Waals surface area contributed by atoms with E-state index in [4.69, 9.17) is 0 Å². The fourth-order valence-electron chi connectivity index (χ4n) is 4.63. The van der Waals surface area contributed by atoms with E-state index in [1.165, 1.54) is 32.6 Å². The van der Waals surface area contributed by atoms with Crippen molar-refractivity contribution in [1.29, 1.82) is 0 Å². The van der Waals surface area contributed by atoms with Crippen LogP contribution in [0.25, 0.3) is 5.57 Å². The van der Waals surface area contributed by atoms with E-state index in [1.807, 2.05) is 0 Å². The molecule has 0 aromatic heterocycles. The van der Waals surface area contributed by atoms with E-state index in [2.05, 4.69) is 106 Å². The Morgan fingerprint density at radius 2 is 1.29 bits per heavy atom. The first-order chi connectivity index (χ1) is 13.7. The zero-order valence-electron chi connectivity index (χ0n) is 17.1. The summed E-state index contributed by atoms with van der Waals surface area (Å²) in [4.78, 5) is 0. The highest BCUT2D eigenvalue weighted by Crippen LogP contribution is 2.37. The third kappa shape index (κ3) is 3.68. The van der Waals surface area contributed by atoms with Crippen LogP contribution in [0.2, 0.25) is 0 Å². The molecule has 0 spiro atoms. The Morgan fingerprint density at radius 1 is 0.750 bits per heavy atom. The molecule has 0 nitrogen and oxygen atoms in total. The quantitative estimate of drug-likeness (QED) is 0.522. The second-order valence-electron chi connectivity index (χ2n) is 7.81. The smallest absolute Gasteiger partial charge is 0.0801 e. The highest BCUT2D eigenvalue weighted by Gasteiger charge is 2.28. The van der Waals surface area contributed by atoms with E-state index >= 15 is 0 Å². The maximum absolute atomic E-state index is 2.53. The molecule has 0 fully saturated rings. The summed E-state index contributed by atoms with van der Waals surface area (Å²) < 4.78 is 0. The van der Waals surface area contributed by atoms with Crippen molar-refractivity contribution in [3.05, 3.63) is 112 Å². The molecule has 0 N–H and O–H groups in total. The van der Waals surface area contributed by atoms with E-state index in [1.54, 1.807) is 10.8 Å². The molecule has 1 heteroatoms. The van der Waals surface area contributed by atoms with Crippen molar-refractivity contribution in [3.63, 3.8) is 0 Å². The van der Waals surface area contributed by atoms with E-state index in [-0.39, 0.29) is 0 Å². The summed E-state index contributed by atoms with van der Waals surface area (Å²) >= 11 is 0. The fraction of sp³-hybridized carbons (Fsp3) is 0.185. The molecule has 3 aromatic rings. The van der Waals surface area contributed by atoms with Crippen LogP contribution < -0.4 is 10.4 Å². The molecule has 1 aliphatic carbocycles. The molecular weight excluding hydrogens is 352 g/mol. The first kappa shape index (κ1) is 18.7. The van der Waals surface area contributed by atoms with Gasteiger partial charge in [0.2, 0.25) is 0 Å². The highest BCUT2D eigenvalue weighted by molar-refractivity contribution is 6.91. The largest absolute Gasteiger partial charge is 0.132 e. The number of hydrogen-bond donors (Lipinski definition) is 0. The molecule has 1 aliphatic rings. The Kier molecular flexibility index (Phi) is 5.45. The van der Waals surface area contributed by atoms with Crippen molar-refractivity contribution in [2.24, 2.45) is 0 Å². The average molecular weight is 381 g/mol. The van der Waals surface area contributed by atoms with Gasteiger partial charge in [0.25, 0.3) is 0 Å². The van der Waals surface area contributed by atoms with Crippen LogP contribution in [0, 0.1) is 13.8 Å². The molecule has 0 saturated carbocycles. The van der Waals surface area contributed by atoms with Crippen LogP contribution in [0.5, 0.6) is 0 Å². The topological polar surface area (TPSA) is 0 Å². The summed E-state index contributed by atoms with van der Waals surface area (Å²) in [5, 5.41) is 4.63. The van der Waals surface area contributed by atoms with Gasteiger partial charge in [0, 0.05) is 0 Å². The van der Waals surface area contributed by atoms with Crippen LogP contribution in [-0.4, -0.2) is 8.80 Å². The van der Waals surface area contributed by atoms with Gasteiger partial charge in [0.15, 0.2) is 0 Å². The van der Waals surface area contributed by atoms with E-state index in [9.17, 15) is 0 Å². The third-order valence-electron chi connectivity index (χ3n) is 5.74. The van der Waals surface area contributed by atoms with Crippen molar-refractivity contribution in [2.75, 3.05) is 0 Å². The maximum atomic E-state index is 2.53. The summed E-state index contributed by atoms with van der Waals surface area (Å²) in [5.74, 6) is 0. The predicted octanol–water partition coefficient (Wildman–Crippen LogP) is 5.38. The van der Waals surface area contributed by atoms with Crippen LogP contribution >= 0.6 is 0 Å². The minimum Gasteiger partial charge on any atom is -0.0801 e. The SMILES string of the molecule is CCC1=C(c2cc(C)cc(C)c2)CC=C1[SiH](c1ccccc1)c1ccccc1. The monoisotopic (exact) mass is 380 g/mol. The molecule has 28 heavy (non-hydrogen) atoms. The standard InChI is InChI=1S/C27H28Si/c1-4-25-26(22-18-20(2)17-21(3)19-22)15-16-27(25)28(23-11-7-5-8-12-23)24-13-9-6-10-14-24/h5-14,16-19,28H,4,15H2,1-3H3. The highest BCUT2D eigenvalue weighted by atomic mass is 28.3. The van der Waals surface area contributed by atoms with Gasteiger partial charge >= 0.3 is 0 Å². The molecular formula is C27H28Si. The molecule has 0 bridgehead atoms. The lowest BCUT2D eigenvalue weighted by Crippen LogP contribution is -2.44. The minimum atomic E-state index is -1.46. The first-order valence-electron chi connectivity index (χ1n) is 10.3. The first-order valence-corrected chi connectivity index (χ1v) is 12.0. The Morgan fingerprint density at radius 3 is 1.79 bits per heavy atom. The van der Waals surface area contributed by atoms with Crippen LogP contribution in [0.3, 0.4) is 0 Å². The third-order valence-corrected chi connectivity index (χ3v) is 9.05. The molecule has 0 unspecified atom stereocenters. The molecule has 0 heterocycles. The van der Waals surface area contributed by atoms with E-state index < -0.39 is 8.80 Å². The van der Waals surface area contributed by atoms with Gasteiger partial charge in [-0.1, -0.05) is 119 Å². The van der Waals surface area contributed by atoms with E-state index in [0.29, 0.717) is 0 Å². The van der Waals surface area contributed by atoms with Crippen molar-refractivity contribution in [3.8, 4) is 0 Å². The van der Waals surface area contributed by atoms with Crippen LogP contribution in [0.4, 0.5) is 0 Å². The molecule has 0 amide bonds. The zero-order chi connectivity index (χ0) is 19.5. The average Bonchev–Trinajstić information content (AvgIpc) is 3.13. The summed E-state index contributed by atoms with van der Waals surface area (Å²) in [6.07, 6.45) is 4.69. The molecule has 0 atom stereocenters. The summed E-state index contributed by atoms with van der Waals surface area (Å²) in [7, 11) is -1.46. The van der Waals surface area contributed by atoms with Crippen molar-refractivity contribution in [1.82, 2.24) is 0 Å². The van der Waals surface area contributed by atoms with Gasteiger partial charge in [-0.25, -0.2) is 0 Å². The van der Waals surface area contributed by atoms with Crippen molar-refractivity contribution < 1.29 is 0 Å². The van der Waals surface area contributed by atoms with Crippen LogP contribution in [0.15, 0.2) is 95.7 Å². The van der Waals surface area contributed by atoms with Crippen LogP contribution in [-0.2, 0) is 0 Å². The van der Waals surface area contributed by atoms with E-state index in [0.717, 1.165) is 12.8 Å². The number of aryl methyl sites for hydroxylation is 2. The lowest BCUT2D eigenvalue weighted by molar-refractivity contribution is 1.14. The van der Waals surface area contributed by atoms with Crippen LogP contribution in [0.1, 0.15) is 36.5 Å². The second kappa shape index (κ2) is 8.16. The maximum Gasteiger partial charge on any atom is 0.132 e. The van der Waals surface area contributed by atoms with Gasteiger partial charge in [0.1, 0.15) is 8.80 Å². The van der Waals surface area contributed by atoms with Gasteiger partial charge in [-0.15, -0.1) is 0 Å². The number of benzene rings is 3. The Balaban J connectivity index is 1.84. The predicted molar refractivity (Wildman–Crippen MR) is 125 cm³/mol. The minimum absolute atomic E-state index is 1.06. The number of allylic oxidation sites excluding steroid dienone is 4. The normalized spacial score (nSPS) is 13.9. The van der Waals surface area contributed by atoms with Gasteiger partial charge in [-0.2, -0.15) is 0 Å². The lowest BCUT2D eigenvalue weighted by atomic mass is 9.96. The van der Waals surface area contributed by atoms with Gasteiger partial charge < -0.3 is 0 Å². The number of hydrogen-bond acceptors (Lipinski definition) is 0. The van der Waals surface area contributed by atoms with Gasteiger partial charge in [-0.3, -0.25) is 0 Å². The Bertz CT molecular complexity index is 967. The Hall–Kier alpha value is -2.64. The van der Waals surface area contributed by atoms with Gasteiger partial charge in [-0.05, 0) is 43.4 Å².